The van der Waals surface area contributed by atoms with E-state index in [0.717, 1.165) is 0 Å². The van der Waals surface area contributed by atoms with E-state index >= 15 is 0 Å². The van der Waals surface area contributed by atoms with Gasteiger partial charge >= 0.3 is 26.0 Å². The predicted molar refractivity (Wildman–Crippen MR) is 91.9 cm³/mol. The molecule has 0 unspecified atom stereocenters. The second-order valence-corrected chi connectivity index (χ2v) is 6.91. The van der Waals surface area contributed by atoms with E-state index in [0.29, 0.717) is 5.18 Å². The standard InChI is InChI=1S/C18H15P.CHO.Fe/c1-4-10-16(11-5-1)19(17-12-6-2-7-13-17)18-14-8-3-9-15-18;1-2;/h1-15H;1H;. The van der Waals surface area contributed by atoms with Gasteiger partial charge in [-0.25, -0.2) is 0 Å². The first-order valence-electron chi connectivity index (χ1n) is 6.84. The van der Waals surface area contributed by atoms with Crippen molar-refractivity contribution in [2.24, 2.45) is 0 Å². The van der Waals surface area contributed by atoms with E-state index in [1.165, 1.54) is 15.9 Å². The van der Waals surface area contributed by atoms with Crippen LogP contribution < -0.4 is 15.9 Å². The van der Waals surface area contributed by atoms with Crippen molar-refractivity contribution in [1.29, 1.82) is 0 Å². The fourth-order valence-electron chi connectivity index (χ4n) is 2.18. The second-order valence-electron chi connectivity index (χ2n) is 4.43. The Kier molecular flexibility index (Phi) is 7.06. The van der Waals surface area contributed by atoms with Gasteiger partial charge < -0.3 is 0 Å². The Labute approximate surface area is 141 Å². The molecule has 0 aliphatic rings. The third-order valence-electron chi connectivity index (χ3n) is 3.04. The molecule has 0 amide bonds. The Morgan fingerprint density at radius 1 is 0.591 bits per heavy atom. The van der Waals surface area contributed by atoms with Gasteiger partial charge in [0.2, 0.25) is 0 Å². The van der Waals surface area contributed by atoms with Crippen LogP contribution in [0.15, 0.2) is 91.0 Å². The Balaban J connectivity index is 0.000000545. The van der Waals surface area contributed by atoms with E-state index in [-0.39, 0.29) is 0 Å². The molecular formula is C19H16FeOP. The molecule has 0 spiro atoms. The van der Waals surface area contributed by atoms with Crippen molar-refractivity contribution in [2.45, 2.75) is 0 Å². The molecule has 0 atom stereocenters. The first kappa shape index (κ1) is 16.6. The molecule has 0 aromatic heterocycles. The Morgan fingerprint density at radius 3 is 1.05 bits per heavy atom. The van der Waals surface area contributed by atoms with Crippen LogP contribution in [-0.4, -0.2) is 5.18 Å². The summed E-state index contributed by atoms with van der Waals surface area (Å²) in [6.45, 7) is 0. The molecule has 0 N–H and O–H groups in total. The van der Waals surface area contributed by atoms with E-state index in [2.05, 4.69) is 107 Å². The van der Waals surface area contributed by atoms with Gasteiger partial charge in [0, 0.05) is 0 Å². The number of benzene rings is 3. The topological polar surface area (TPSA) is 17.1 Å². The van der Waals surface area contributed by atoms with Gasteiger partial charge in [-0.05, 0) is 23.8 Å². The molecule has 3 heteroatoms. The summed E-state index contributed by atoms with van der Waals surface area (Å²) < 4.78 is 0. The van der Waals surface area contributed by atoms with Gasteiger partial charge in [-0.15, -0.1) is 0 Å². The van der Waals surface area contributed by atoms with E-state index < -0.39 is 7.92 Å². The molecule has 0 aliphatic heterocycles. The summed E-state index contributed by atoms with van der Waals surface area (Å²) in [4.78, 5) is 8.69. The van der Waals surface area contributed by atoms with Crippen LogP contribution in [0, 0.1) is 0 Å². The number of rotatable bonds is 3. The first-order chi connectivity index (χ1) is 10.9. The van der Waals surface area contributed by atoms with E-state index in [4.69, 9.17) is 4.79 Å². The zero-order valence-electron chi connectivity index (χ0n) is 11.9. The quantitative estimate of drug-likeness (QED) is 0.404. The number of hydrogen-bond acceptors (Lipinski definition) is 1. The van der Waals surface area contributed by atoms with E-state index in [1.54, 1.807) is 0 Å². The number of hydrogen-bond donors (Lipinski definition) is 0. The predicted octanol–water partition coefficient (Wildman–Crippen LogP) is 3.17. The van der Waals surface area contributed by atoms with E-state index in [1.807, 2.05) is 0 Å². The normalized spacial score (nSPS) is 9.73. The Hall–Kier alpha value is -1.72. The smallest absolute Gasteiger partial charge is 0.0134 e. The maximum Gasteiger partial charge on any atom is -0.0134 e. The van der Waals surface area contributed by atoms with Gasteiger partial charge in [-0.2, -0.15) is 0 Å². The second kappa shape index (κ2) is 9.33. The maximum absolute atomic E-state index is 8.69. The fraction of sp³-hybridized carbons (Fsp3) is 0. The summed E-state index contributed by atoms with van der Waals surface area (Å²) in [5.74, 6) is 0. The van der Waals surface area contributed by atoms with Gasteiger partial charge in [0.15, 0.2) is 0 Å². The van der Waals surface area contributed by atoms with Crippen LogP contribution in [0.4, 0.5) is 0 Å². The molecule has 0 fully saturated rings. The minimum atomic E-state index is -0.446. The summed E-state index contributed by atoms with van der Waals surface area (Å²) >= 11 is 2.81. The van der Waals surface area contributed by atoms with Crippen molar-refractivity contribution in [3.05, 3.63) is 91.0 Å². The molecule has 1 nitrogen and oxygen atoms in total. The molecule has 22 heavy (non-hydrogen) atoms. The number of carbonyl (C=O) groups is 1. The molecule has 3 aromatic carbocycles. The number of carbonyl (C=O) groups excluding carboxylic acids is 1. The van der Waals surface area contributed by atoms with Crippen molar-refractivity contribution in [3.8, 4) is 0 Å². The monoisotopic (exact) mass is 347 g/mol. The maximum atomic E-state index is 8.69. The first-order valence-corrected chi connectivity index (χ1v) is 8.82. The van der Waals surface area contributed by atoms with Crippen LogP contribution in [0.2, 0.25) is 0 Å². The Bertz CT molecular complexity index is 578. The average Bonchev–Trinajstić information content (AvgIpc) is 2.59. The third-order valence-corrected chi connectivity index (χ3v) is 5.49. The van der Waals surface area contributed by atoms with Crippen LogP contribution in [-0.2, 0) is 20.8 Å². The van der Waals surface area contributed by atoms with Gasteiger partial charge in [-0.1, -0.05) is 91.0 Å². The zero-order chi connectivity index (χ0) is 15.6. The molecule has 111 valence electrons. The van der Waals surface area contributed by atoms with Crippen molar-refractivity contribution >= 4 is 29.0 Å². The summed E-state index contributed by atoms with van der Waals surface area (Å²) in [6, 6.07) is 32.3. The molecule has 3 rings (SSSR count). The summed E-state index contributed by atoms with van der Waals surface area (Å²) in [7, 11) is -0.446. The molecule has 3 aromatic rings. The van der Waals surface area contributed by atoms with Crippen LogP contribution in [0.1, 0.15) is 0 Å². The van der Waals surface area contributed by atoms with E-state index in [9.17, 15) is 0 Å². The van der Waals surface area contributed by atoms with Crippen LogP contribution in [0.3, 0.4) is 0 Å². The third kappa shape index (κ3) is 4.64. The van der Waals surface area contributed by atoms with Gasteiger partial charge in [0.1, 0.15) is 0 Å². The minimum absolute atomic E-state index is 0.446. The molecule has 0 radical (unpaired) electrons. The van der Waals surface area contributed by atoms with Crippen molar-refractivity contribution in [3.63, 3.8) is 0 Å². The largest absolute Gasteiger partial charge is 0.0622 e. The summed E-state index contributed by atoms with van der Waals surface area (Å²) in [5.41, 5.74) is 0. The molecular weight excluding hydrogens is 331 g/mol. The van der Waals surface area contributed by atoms with Gasteiger partial charge in [0.25, 0.3) is 0 Å². The minimum Gasteiger partial charge on any atom is -0.0622 e. The van der Waals surface area contributed by atoms with Crippen molar-refractivity contribution in [1.82, 2.24) is 0 Å². The fourth-order valence-corrected chi connectivity index (χ4v) is 4.48. The van der Waals surface area contributed by atoms with Crippen LogP contribution in [0.5, 0.6) is 0 Å². The van der Waals surface area contributed by atoms with Gasteiger partial charge in [0.05, 0.1) is 0 Å². The molecule has 0 saturated carbocycles. The summed E-state index contributed by atoms with van der Waals surface area (Å²) in [6.07, 6.45) is 0. The van der Waals surface area contributed by atoms with Crippen LogP contribution >= 0.6 is 7.92 Å². The average molecular weight is 347 g/mol. The Morgan fingerprint density at radius 2 is 0.818 bits per heavy atom. The van der Waals surface area contributed by atoms with Gasteiger partial charge in [-0.3, -0.25) is 0 Å². The van der Waals surface area contributed by atoms with Crippen LogP contribution in [0.25, 0.3) is 0 Å². The van der Waals surface area contributed by atoms with Crippen molar-refractivity contribution < 1.29 is 20.8 Å². The summed E-state index contributed by atoms with van der Waals surface area (Å²) in [5, 5.41) is 4.69. The zero-order valence-corrected chi connectivity index (χ0v) is 13.9. The molecule has 0 aliphatic carbocycles. The SMILES string of the molecule is O=[CH][Fe].c1ccc(P(c2ccccc2)c2ccccc2)cc1. The molecule has 0 heterocycles. The van der Waals surface area contributed by atoms with Crippen molar-refractivity contribution in [2.75, 3.05) is 0 Å². The molecule has 0 bridgehead atoms. The molecule has 0 saturated heterocycles.